The molecule has 1 saturated heterocycles. The van der Waals surface area contributed by atoms with E-state index in [0.29, 0.717) is 13.1 Å². The fourth-order valence-electron chi connectivity index (χ4n) is 2.61. The predicted molar refractivity (Wildman–Crippen MR) is 92.3 cm³/mol. The van der Waals surface area contributed by atoms with Gasteiger partial charge in [0, 0.05) is 37.8 Å². The molecule has 0 N–H and O–H groups in total. The Morgan fingerprint density at radius 3 is 2.74 bits per heavy atom. The van der Waals surface area contributed by atoms with Gasteiger partial charge in [-0.25, -0.2) is 4.98 Å². The summed E-state index contributed by atoms with van der Waals surface area (Å²) in [5, 5.41) is 3.01. The number of ether oxygens (including phenoxy) is 1. The lowest BCUT2D eigenvalue weighted by atomic mass is 10.1. The molecule has 1 aliphatic rings. The number of anilines is 1. The van der Waals surface area contributed by atoms with Crippen LogP contribution in [0.4, 0.5) is 5.13 Å². The van der Waals surface area contributed by atoms with Gasteiger partial charge < -0.3 is 14.5 Å². The number of piperazine rings is 1. The smallest absolute Gasteiger partial charge is 0.260 e. The number of aromatic nitrogens is 1. The number of hydrogen-bond donors (Lipinski definition) is 0. The average molecular weight is 331 g/mol. The maximum atomic E-state index is 12.3. The minimum Gasteiger partial charge on any atom is -0.483 e. The Hall–Kier alpha value is -2.08. The summed E-state index contributed by atoms with van der Waals surface area (Å²) in [5.41, 5.74) is 2.19. The summed E-state index contributed by atoms with van der Waals surface area (Å²) in [4.78, 5) is 20.7. The molecular formula is C17H21N3O2S. The second kappa shape index (κ2) is 7.00. The number of rotatable bonds is 4. The first kappa shape index (κ1) is 15.8. The fourth-order valence-corrected chi connectivity index (χ4v) is 3.31. The first-order chi connectivity index (χ1) is 11.1. The molecule has 0 radical (unpaired) electrons. The van der Waals surface area contributed by atoms with Crippen LogP contribution in [0.2, 0.25) is 0 Å². The van der Waals surface area contributed by atoms with E-state index in [4.69, 9.17) is 4.74 Å². The average Bonchev–Trinajstić information content (AvgIpc) is 3.10. The zero-order valence-corrected chi connectivity index (χ0v) is 14.3. The summed E-state index contributed by atoms with van der Waals surface area (Å²) in [6.07, 6.45) is 1.82. The number of carbonyl (C=O) groups excluding carboxylic acids is 1. The lowest BCUT2D eigenvalue weighted by Gasteiger charge is -2.34. The van der Waals surface area contributed by atoms with Gasteiger partial charge in [0.1, 0.15) is 5.75 Å². The summed E-state index contributed by atoms with van der Waals surface area (Å²) in [5.74, 6) is 0.837. The van der Waals surface area contributed by atoms with Gasteiger partial charge >= 0.3 is 0 Å². The van der Waals surface area contributed by atoms with E-state index >= 15 is 0 Å². The van der Waals surface area contributed by atoms with Gasteiger partial charge in [0.05, 0.1) is 0 Å². The van der Waals surface area contributed by atoms with Crippen molar-refractivity contribution in [2.24, 2.45) is 0 Å². The zero-order valence-electron chi connectivity index (χ0n) is 13.5. The monoisotopic (exact) mass is 331 g/mol. The topological polar surface area (TPSA) is 45.7 Å². The van der Waals surface area contributed by atoms with Crippen molar-refractivity contribution in [3.05, 3.63) is 40.9 Å². The van der Waals surface area contributed by atoms with E-state index in [1.165, 1.54) is 0 Å². The van der Waals surface area contributed by atoms with Gasteiger partial charge in [-0.1, -0.05) is 12.1 Å². The third-order valence-corrected chi connectivity index (χ3v) is 4.85. The molecule has 1 aromatic heterocycles. The lowest BCUT2D eigenvalue weighted by Crippen LogP contribution is -2.50. The Kier molecular flexibility index (Phi) is 4.81. The number of thiazole rings is 1. The number of amides is 1. The molecule has 122 valence electrons. The minimum absolute atomic E-state index is 0.0460. The number of carbonyl (C=O) groups is 1. The van der Waals surface area contributed by atoms with Crippen LogP contribution in [0.1, 0.15) is 11.1 Å². The van der Waals surface area contributed by atoms with Crippen LogP contribution < -0.4 is 9.64 Å². The first-order valence-corrected chi connectivity index (χ1v) is 8.64. The lowest BCUT2D eigenvalue weighted by molar-refractivity contribution is -0.133. The van der Waals surface area contributed by atoms with Crippen molar-refractivity contribution in [3.63, 3.8) is 0 Å². The van der Waals surface area contributed by atoms with Crippen molar-refractivity contribution in [3.8, 4) is 5.75 Å². The van der Waals surface area contributed by atoms with Crippen LogP contribution in [0.15, 0.2) is 29.8 Å². The molecule has 0 atom stereocenters. The van der Waals surface area contributed by atoms with E-state index in [1.807, 2.05) is 48.5 Å². The van der Waals surface area contributed by atoms with Crippen molar-refractivity contribution in [1.82, 2.24) is 9.88 Å². The molecule has 0 unspecified atom stereocenters. The number of nitrogens with zero attached hydrogens (tertiary/aromatic N) is 3. The van der Waals surface area contributed by atoms with Crippen LogP contribution in [0.3, 0.4) is 0 Å². The van der Waals surface area contributed by atoms with Gasteiger partial charge in [-0.05, 0) is 31.0 Å². The highest BCUT2D eigenvalue weighted by Crippen LogP contribution is 2.20. The second-order valence-electron chi connectivity index (χ2n) is 5.74. The SMILES string of the molecule is Cc1ccc(C)c(OCC(=O)N2CCN(c3nccs3)CC2)c1. The molecule has 5 nitrogen and oxygen atoms in total. The van der Waals surface area contributed by atoms with E-state index in [0.717, 1.165) is 35.1 Å². The number of benzene rings is 1. The summed E-state index contributed by atoms with van der Waals surface area (Å²) in [6, 6.07) is 6.03. The van der Waals surface area contributed by atoms with E-state index in [1.54, 1.807) is 11.3 Å². The molecule has 2 aromatic rings. The minimum atomic E-state index is 0.0460. The summed E-state index contributed by atoms with van der Waals surface area (Å²) in [6.45, 7) is 7.19. The fraction of sp³-hybridized carbons (Fsp3) is 0.412. The first-order valence-electron chi connectivity index (χ1n) is 7.76. The van der Waals surface area contributed by atoms with Gasteiger partial charge in [0.25, 0.3) is 5.91 Å². The highest BCUT2D eigenvalue weighted by Gasteiger charge is 2.22. The highest BCUT2D eigenvalue weighted by atomic mass is 32.1. The predicted octanol–water partition coefficient (Wildman–Crippen LogP) is 2.49. The molecule has 0 saturated carbocycles. The second-order valence-corrected chi connectivity index (χ2v) is 6.61. The van der Waals surface area contributed by atoms with Gasteiger partial charge in [-0.3, -0.25) is 4.79 Å². The summed E-state index contributed by atoms with van der Waals surface area (Å²) in [7, 11) is 0. The normalized spacial score (nSPS) is 14.9. The molecule has 0 bridgehead atoms. The van der Waals surface area contributed by atoms with Crippen LogP contribution in [0, 0.1) is 13.8 Å². The van der Waals surface area contributed by atoms with Crippen molar-refractivity contribution < 1.29 is 9.53 Å². The Labute approximate surface area is 140 Å². The van der Waals surface area contributed by atoms with Gasteiger partial charge in [0.15, 0.2) is 11.7 Å². The Morgan fingerprint density at radius 2 is 2.04 bits per heavy atom. The quantitative estimate of drug-likeness (QED) is 0.863. The standard InChI is InChI=1S/C17H21N3O2S/c1-13-3-4-14(2)15(11-13)22-12-16(21)19-6-8-20(9-7-19)17-18-5-10-23-17/h3-5,10-11H,6-9,12H2,1-2H3. The third kappa shape index (κ3) is 3.82. The Balaban J connectivity index is 1.51. The van der Waals surface area contributed by atoms with Crippen molar-refractivity contribution in [1.29, 1.82) is 0 Å². The molecule has 0 aliphatic carbocycles. The van der Waals surface area contributed by atoms with Crippen molar-refractivity contribution in [2.45, 2.75) is 13.8 Å². The van der Waals surface area contributed by atoms with E-state index in [-0.39, 0.29) is 12.5 Å². The molecule has 2 heterocycles. The summed E-state index contributed by atoms with van der Waals surface area (Å²) < 4.78 is 5.72. The van der Waals surface area contributed by atoms with Crippen molar-refractivity contribution >= 4 is 22.4 Å². The molecule has 23 heavy (non-hydrogen) atoms. The van der Waals surface area contributed by atoms with Gasteiger partial charge in [0.2, 0.25) is 0 Å². The largest absolute Gasteiger partial charge is 0.483 e. The molecular weight excluding hydrogens is 310 g/mol. The molecule has 6 heteroatoms. The van der Waals surface area contributed by atoms with Crippen LogP contribution in [0.25, 0.3) is 0 Å². The van der Waals surface area contributed by atoms with Gasteiger partial charge in [-0.15, -0.1) is 11.3 Å². The van der Waals surface area contributed by atoms with Crippen LogP contribution >= 0.6 is 11.3 Å². The maximum Gasteiger partial charge on any atom is 0.260 e. The molecule has 1 amide bonds. The van der Waals surface area contributed by atoms with E-state index in [2.05, 4.69) is 9.88 Å². The molecule has 1 fully saturated rings. The van der Waals surface area contributed by atoms with Crippen molar-refractivity contribution in [2.75, 3.05) is 37.7 Å². The molecule has 0 spiro atoms. The van der Waals surface area contributed by atoms with Gasteiger partial charge in [-0.2, -0.15) is 0 Å². The Morgan fingerprint density at radius 1 is 1.26 bits per heavy atom. The molecule has 1 aliphatic heterocycles. The number of hydrogen-bond acceptors (Lipinski definition) is 5. The zero-order chi connectivity index (χ0) is 16.2. The van der Waals surface area contributed by atoms with E-state index < -0.39 is 0 Å². The van der Waals surface area contributed by atoms with E-state index in [9.17, 15) is 4.79 Å². The number of aryl methyl sites for hydroxylation is 2. The third-order valence-electron chi connectivity index (χ3n) is 4.02. The Bertz CT molecular complexity index is 664. The summed E-state index contributed by atoms with van der Waals surface area (Å²) >= 11 is 1.64. The van der Waals surface area contributed by atoms with Crippen LogP contribution in [0.5, 0.6) is 5.75 Å². The highest BCUT2D eigenvalue weighted by molar-refractivity contribution is 7.13. The van der Waals surface area contributed by atoms with Crippen LogP contribution in [-0.2, 0) is 4.79 Å². The molecule has 1 aromatic carbocycles. The molecule has 3 rings (SSSR count). The van der Waals surface area contributed by atoms with Crippen LogP contribution in [-0.4, -0.2) is 48.6 Å². The maximum absolute atomic E-state index is 12.3.